The predicted molar refractivity (Wildman–Crippen MR) is 114 cm³/mol. The van der Waals surface area contributed by atoms with Crippen LogP contribution in [0.1, 0.15) is 88.2 Å². The van der Waals surface area contributed by atoms with E-state index < -0.39 is 22.8 Å². The predicted octanol–water partition coefficient (Wildman–Crippen LogP) is 2.86. The van der Waals surface area contributed by atoms with Crippen molar-refractivity contribution < 1.29 is 19.8 Å². The van der Waals surface area contributed by atoms with Gasteiger partial charge in [-0.3, -0.25) is 0 Å². The van der Waals surface area contributed by atoms with Crippen LogP contribution in [0.25, 0.3) is 0 Å². The summed E-state index contributed by atoms with van der Waals surface area (Å²) in [6.45, 7) is 0. The van der Waals surface area contributed by atoms with E-state index in [4.69, 9.17) is 0 Å². The molecule has 8 saturated carbocycles. The van der Waals surface area contributed by atoms with E-state index in [2.05, 4.69) is 24.3 Å². The van der Waals surface area contributed by atoms with Crippen molar-refractivity contribution in [2.45, 2.75) is 87.9 Å². The molecule has 1 aromatic carbocycles. The molecule has 0 aliphatic heterocycles. The van der Waals surface area contributed by atoms with Gasteiger partial charge in [-0.25, -0.2) is 0 Å². The summed E-state index contributed by atoms with van der Waals surface area (Å²) in [5, 5.41) is 24.3. The highest BCUT2D eigenvalue weighted by Crippen LogP contribution is 2.67. The molecule has 1 aromatic rings. The highest BCUT2D eigenvalue weighted by Gasteiger charge is 2.60. The Morgan fingerprint density at radius 1 is 0.594 bits per heavy atom. The number of hydrogen-bond donors (Lipinski definition) is 0. The minimum absolute atomic E-state index is 0.0175. The van der Waals surface area contributed by atoms with E-state index >= 15 is 0 Å². The van der Waals surface area contributed by atoms with E-state index in [-0.39, 0.29) is 10.8 Å². The number of benzene rings is 1. The average molecular weight is 433 g/mol. The van der Waals surface area contributed by atoms with Gasteiger partial charge in [-0.2, -0.15) is 0 Å². The molecule has 0 N–H and O–H groups in total. The van der Waals surface area contributed by atoms with Crippen LogP contribution in [0.4, 0.5) is 0 Å². The maximum atomic E-state index is 12.2. The number of carbonyl (C=O) groups excluding carboxylic acids is 2. The van der Waals surface area contributed by atoms with Crippen LogP contribution in [-0.4, -0.2) is 11.9 Å². The van der Waals surface area contributed by atoms with Crippen LogP contribution in [0.5, 0.6) is 0 Å². The van der Waals surface area contributed by atoms with Gasteiger partial charge in [0, 0.05) is 22.8 Å². The number of carbonyl (C=O) groups is 2. The number of hydrogen-bond acceptors (Lipinski definition) is 4. The van der Waals surface area contributed by atoms with Crippen molar-refractivity contribution in [2.75, 3.05) is 0 Å². The minimum Gasteiger partial charge on any atom is -0.550 e. The molecule has 0 spiro atoms. The molecule has 8 fully saturated rings. The van der Waals surface area contributed by atoms with Gasteiger partial charge in [0.2, 0.25) is 0 Å². The lowest BCUT2D eigenvalue weighted by Crippen LogP contribution is -2.60. The summed E-state index contributed by atoms with van der Waals surface area (Å²) in [6.07, 6.45) is 11.5. The number of aliphatic carboxylic acids is 2. The Morgan fingerprint density at radius 3 is 1.19 bits per heavy atom. The molecule has 0 aromatic heterocycles. The molecular weight excluding hydrogens is 400 g/mol. The van der Waals surface area contributed by atoms with Crippen LogP contribution in [0.3, 0.4) is 0 Å². The first-order valence-corrected chi connectivity index (χ1v) is 12.8. The maximum Gasteiger partial charge on any atom is 0.0476 e. The Labute approximate surface area is 189 Å². The molecule has 4 atom stereocenters. The normalized spacial score (nSPS) is 50.0. The molecule has 9 rings (SSSR count). The molecule has 8 bridgehead atoms. The Balaban J connectivity index is 1.23. The molecule has 4 unspecified atom stereocenters. The van der Waals surface area contributed by atoms with Gasteiger partial charge < -0.3 is 19.8 Å². The Hall–Kier alpha value is -1.84. The van der Waals surface area contributed by atoms with Crippen LogP contribution in [0, 0.1) is 34.5 Å². The van der Waals surface area contributed by atoms with Crippen LogP contribution < -0.4 is 10.2 Å². The van der Waals surface area contributed by atoms with E-state index in [1.807, 2.05) is 0 Å². The zero-order chi connectivity index (χ0) is 21.9. The van der Waals surface area contributed by atoms with Crippen LogP contribution >= 0.6 is 0 Å². The molecule has 4 nitrogen and oxygen atoms in total. The summed E-state index contributed by atoms with van der Waals surface area (Å²) in [4.78, 5) is 24.3. The van der Waals surface area contributed by atoms with Crippen LogP contribution in [0.15, 0.2) is 24.3 Å². The fourth-order valence-corrected chi connectivity index (χ4v) is 10.9. The first kappa shape index (κ1) is 19.6. The molecule has 32 heavy (non-hydrogen) atoms. The summed E-state index contributed by atoms with van der Waals surface area (Å²) >= 11 is 0. The molecule has 4 heteroatoms. The Kier molecular flexibility index (Phi) is 3.67. The second-order valence-electron chi connectivity index (χ2n) is 13.2. The van der Waals surface area contributed by atoms with E-state index in [0.29, 0.717) is 23.7 Å². The zero-order valence-electron chi connectivity index (χ0n) is 18.7. The third kappa shape index (κ3) is 2.45. The fraction of sp³-hybridized carbons (Fsp3) is 0.714. The smallest absolute Gasteiger partial charge is 0.0476 e. The standard InChI is InChI=1S/C28H34O4/c29-23(30)27-11-17-5-18(12-27)8-25(7-17,15-27)21-1-2-22(4-3-21)26-9-19-6-20(10-26)14-28(13-19,16-26)24(31)32/h1-4,17-20H,5-16H2,(H,29,30)(H,31,32)/p-2. The van der Waals surface area contributed by atoms with E-state index in [9.17, 15) is 19.8 Å². The summed E-state index contributed by atoms with van der Waals surface area (Å²) in [6, 6.07) is 9.09. The Morgan fingerprint density at radius 2 is 0.906 bits per heavy atom. The monoisotopic (exact) mass is 432 g/mol. The lowest BCUT2D eigenvalue weighted by atomic mass is 9.42. The SMILES string of the molecule is O=C([O-])C12CC3CC(C1)CC(c1ccc(C45CC6CC(CC(C(=O)[O-])(C6)C4)C5)cc1)(C3)C2. The van der Waals surface area contributed by atoms with Crippen LogP contribution in [-0.2, 0) is 20.4 Å². The van der Waals surface area contributed by atoms with Gasteiger partial charge >= 0.3 is 0 Å². The van der Waals surface area contributed by atoms with Crippen molar-refractivity contribution in [3.63, 3.8) is 0 Å². The number of rotatable bonds is 4. The van der Waals surface area contributed by atoms with Crippen molar-refractivity contribution in [3.8, 4) is 0 Å². The summed E-state index contributed by atoms with van der Waals surface area (Å²) < 4.78 is 0. The van der Waals surface area contributed by atoms with Gasteiger partial charge in [0.1, 0.15) is 0 Å². The zero-order valence-corrected chi connectivity index (χ0v) is 18.7. The molecule has 8 aliphatic rings. The average Bonchev–Trinajstić information content (AvgIpc) is 2.72. The highest BCUT2D eigenvalue weighted by atomic mass is 16.4. The molecular formula is C28H32O4-2. The highest BCUT2D eigenvalue weighted by molar-refractivity contribution is 5.74. The van der Waals surface area contributed by atoms with Gasteiger partial charge in [-0.05, 0) is 123 Å². The topological polar surface area (TPSA) is 80.3 Å². The fourth-order valence-electron chi connectivity index (χ4n) is 10.9. The minimum atomic E-state index is -0.825. The van der Waals surface area contributed by atoms with E-state index in [1.54, 1.807) is 0 Å². The molecule has 8 aliphatic carbocycles. The van der Waals surface area contributed by atoms with E-state index in [0.717, 1.165) is 64.2 Å². The lowest BCUT2D eigenvalue weighted by Gasteiger charge is -2.63. The third-order valence-electron chi connectivity index (χ3n) is 11.1. The van der Waals surface area contributed by atoms with Crippen molar-refractivity contribution in [2.24, 2.45) is 34.5 Å². The van der Waals surface area contributed by atoms with Gasteiger partial charge in [0.15, 0.2) is 0 Å². The second-order valence-corrected chi connectivity index (χ2v) is 13.2. The molecule has 0 heterocycles. The van der Waals surface area contributed by atoms with E-state index in [1.165, 1.54) is 24.0 Å². The first-order chi connectivity index (χ1) is 15.2. The summed E-state index contributed by atoms with van der Waals surface area (Å²) in [7, 11) is 0. The van der Waals surface area contributed by atoms with Gasteiger partial charge in [-0.15, -0.1) is 0 Å². The van der Waals surface area contributed by atoms with Crippen molar-refractivity contribution >= 4 is 11.9 Å². The first-order valence-electron chi connectivity index (χ1n) is 12.8. The van der Waals surface area contributed by atoms with Gasteiger partial charge in [0.25, 0.3) is 0 Å². The molecule has 0 saturated heterocycles. The van der Waals surface area contributed by atoms with Gasteiger partial charge in [-0.1, -0.05) is 24.3 Å². The number of carboxylic acid groups (broad SMARTS) is 2. The summed E-state index contributed by atoms with van der Waals surface area (Å²) in [5.74, 6) is 0.405. The van der Waals surface area contributed by atoms with Crippen molar-refractivity contribution in [3.05, 3.63) is 35.4 Å². The van der Waals surface area contributed by atoms with Crippen molar-refractivity contribution in [1.82, 2.24) is 0 Å². The lowest BCUT2D eigenvalue weighted by molar-refractivity contribution is -0.328. The molecule has 170 valence electrons. The molecule has 0 amide bonds. The maximum absolute atomic E-state index is 12.2. The Bertz CT molecular complexity index is 898. The van der Waals surface area contributed by atoms with Crippen LogP contribution in [0.2, 0.25) is 0 Å². The van der Waals surface area contributed by atoms with Gasteiger partial charge in [0.05, 0.1) is 0 Å². The second kappa shape index (κ2) is 5.98. The molecule has 0 radical (unpaired) electrons. The largest absolute Gasteiger partial charge is 0.550 e. The third-order valence-corrected chi connectivity index (χ3v) is 11.1. The van der Waals surface area contributed by atoms with Crippen molar-refractivity contribution in [1.29, 1.82) is 0 Å². The number of carboxylic acids is 2. The summed E-state index contributed by atoms with van der Waals surface area (Å²) in [5.41, 5.74) is 1.33. The quantitative estimate of drug-likeness (QED) is 0.733.